The molecular weight excluding hydrogens is 286 g/mol. The van der Waals surface area contributed by atoms with Crippen LogP contribution in [0, 0.1) is 0 Å². The Kier molecular flexibility index (Phi) is 3.10. The van der Waals surface area contributed by atoms with Crippen LogP contribution >= 0.6 is 23.1 Å². The van der Waals surface area contributed by atoms with Crippen LogP contribution in [-0.2, 0) is 9.53 Å². The summed E-state index contributed by atoms with van der Waals surface area (Å²) in [6, 6.07) is 6.95. The summed E-state index contributed by atoms with van der Waals surface area (Å²) < 4.78 is 8.81. The van der Waals surface area contributed by atoms with Gasteiger partial charge in [0.05, 0.1) is 0 Å². The Hall–Kier alpha value is -2.05. The van der Waals surface area contributed by atoms with Crippen molar-refractivity contribution in [2.75, 3.05) is 0 Å². The highest BCUT2D eigenvalue weighted by atomic mass is 35.5. The molecule has 0 amide bonds. The molecule has 0 spiro atoms. The lowest BCUT2D eigenvalue weighted by Crippen LogP contribution is -2.05. The quantitative estimate of drug-likeness (QED) is 0.630. The number of cyclic esters (lactones) is 1. The van der Waals surface area contributed by atoms with Crippen LogP contribution in [0.3, 0.4) is 0 Å². The second kappa shape index (κ2) is 4.91. The fraction of sp³-hybridized carbons (Fsp3) is 0. The molecule has 1 aromatic carbocycles. The van der Waals surface area contributed by atoms with Crippen LogP contribution in [-0.4, -0.2) is 21.5 Å². The molecule has 2 heterocycles. The second-order valence-electron chi connectivity index (χ2n) is 3.68. The largest absolute Gasteiger partial charge is 0.402 e. The van der Waals surface area contributed by atoms with Gasteiger partial charge < -0.3 is 4.74 Å². The van der Waals surface area contributed by atoms with Gasteiger partial charge in [-0.2, -0.15) is 0 Å². The van der Waals surface area contributed by atoms with Crippen molar-refractivity contribution in [2.24, 2.45) is 4.99 Å². The highest BCUT2D eigenvalue weighted by Gasteiger charge is 2.24. The van der Waals surface area contributed by atoms with E-state index in [1.54, 1.807) is 29.6 Å². The fourth-order valence-electron chi connectivity index (χ4n) is 1.53. The summed E-state index contributed by atoms with van der Waals surface area (Å²) in [7, 11) is 0. The van der Waals surface area contributed by atoms with E-state index in [0.717, 1.165) is 0 Å². The van der Waals surface area contributed by atoms with E-state index in [2.05, 4.69) is 14.6 Å². The van der Waals surface area contributed by atoms with Crippen molar-refractivity contribution in [1.29, 1.82) is 0 Å². The van der Waals surface area contributed by atoms with Crippen LogP contribution in [0.25, 0.3) is 6.08 Å². The summed E-state index contributed by atoms with van der Waals surface area (Å²) in [4.78, 5) is 15.8. The highest BCUT2D eigenvalue weighted by molar-refractivity contribution is 7.03. The maximum Gasteiger partial charge on any atom is 0.363 e. The van der Waals surface area contributed by atoms with Crippen molar-refractivity contribution in [3.63, 3.8) is 0 Å². The van der Waals surface area contributed by atoms with Crippen molar-refractivity contribution in [3.05, 3.63) is 51.6 Å². The van der Waals surface area contributed by atoms with Crippen molar-refractivity contribution in [3.8, 4) is 0 Å². The third kappa shape index (κ3) is 2.54. The predicted octanol–water partition coefficient (Wildman–Crippen LogP) is 2.54. The van der Waals surface area contributed by atoms with Crippen LogP contribution < -0.4 is 0 Å². The first-order valence-corrected chi connectivity index (χ1v) is 6.49. The molecule has 3 rings (SSSR count). The molecule has 0 atom stereocenters. The number of esters is 1. The van der Waals surface area contributed by atoms with E-state index < -0.39 is 5.97 Å². The number of benzene rings is 1. The molecule has 0 radical (unpaired) electrons. The molecule has 0 saturated heterocycles. The molecule has 0 fully saturated rings. The molecule has 0 aliphatic carbocycles. The van der Waals surface area contributed by atoms with Gasteiger partial charge in [-0.15, -0.1) is 5.10 Å². The van der Waals surface area contributed by atoms with Crippen molar-refractivity contribution < 1.29 is 9.53 Å². The molecule has 19 heavy (non-hydrogen) atoms. The van der Waals surface area contributed by atoms with E-state index in [9.17, 15) is 4.79 Å². The van der Waals surface area contributed by atoms with Gasteiger partial charge in [-0.25, -0.2) is 9.79 Å². The Morgan fingerprint density at radius 3 is 3.00 bits per heavy atom. The van der Waals surface area contributed by atoms with Crippen LogP contribution in [0.15, 0.2) is 40.3 Å². The normalized spacial score (nSPS) is 16.6. The van der Waals surface area contributed by atoms with Crippen LogP contribution in [0.2, 0.25) is 5.02 Å². The van der Waals surface area contributed by atoms with E-state index in [1.165, 1.54) is 17.6 Å². The first-order chi connectivity index (χ1) is 9.22. The first-order valence-electron chi connectivity index (χ1n) is 5.28. The van der Waals surface area contributed by atoms with Crippen molar-refractivity contribution >= 4 is 41.1 Å². The molecule has 2 aromatic rings. The summed E-state index contributed by atoms with van der Waals surface area (Å²) in [5.74, 6) is -0.273. The lowest BCUT2D eigenvalue weighted by atomic mass is 10.2. The average Bonchev–Trinajstić information content (AvgIpc) is 3.01. The maximum atomic E-state index is 11.7. The number of hydrogen-bond acceptors (Lipinski definition) is 6. The van der Waals surface area contributed by atoms with Gasteiger partial charge in [0, 0.05) is 16.0 Å². The van der Waals surface area contributed by atoms with Crippen molar-refractivity contribution in [2.45, 2.75) is 0 Å². The monoisotopic (exact) mass is 291 g/mol. The van der Waals surface area contributed by atoms with Gasteiger partial charge >= 0.3 is 5.97 Å². The molecule has 1 aliphatic rings. The van der Waals surface area contributed by atoms with E-state index in [4.69, 9.17) is 16.3 Å². The number of ether oxygens (including phenoxy) is 1. The number of halogens is 1. The molecule has 94 valence electrons. The Balaban J connectivity index is 1.95. The number of nitrogens with zero attached hydrogens (tertiary/aromatic N) is 3. The lowest BCUT2D eigenvalue weighted by Gasteiger charge is -1.98. The van der Waals surface area contributed by atoms with Crippen molar-refractivity contribution in [1.82, 2.24) is 9.59 Å². The molecule has 7 heteroatoms. The third-order valence-electron chi connectivity index (χ3n) is 2.35. The van der Waals surface area contributed by atoms with Gasteiger partial charge in [0.2, 0.25) is 5.90 Å². The molecule has 5 nitrogen and oxygen atoms in total. The van der Waals surface area contributed by atoms with Crippen LogP contribution in [0.1, 0.15) is 11.3 Å². The van der Waals surface area contributed by atoms with E-state index in [0.29, 0.717) is 16.3 Å². The number of hydrogen-bond donors (Lipinski definition) is 0. The standard InChI is InChI=1S/C12H6ClN3O2S/c13-8-3-1-2-7(4-8)11-14-10(12(17)18-11)5-9-6-19-16-15-9/h1-6H. The minimum atomic E-state index is -0.511. The number of carbonyl (C=O) groups is 1. The molecule has 0 N–H and O–H groups in total. The SMILES string of the molecule is O=C1OC(c2cccc(Cl)c2)=NC1=Cc1csnn1. The van der Waals surface area contributed by atoms with Crippen LogP contribution in [0.4, 0.5) is 0 Å². The van der Waals surface area contributed by atoms with E-state index in [1.807, 2.05) is 0 Å². The lowest BCUT2D eigenvalue weighted by molar-refractivity contribution is -0.129. The highest BCUT2D eigenvalue weighted by Crippen LogP contribution is 2.20. The number of aliphatic imine (C=N–C) groups is 1. The summed E-state index contributed by atoms with van der Waals surface area (Å²) in [6.45, 7) is 0. The smallest absolute Gasteiger partial charge is 0.363 e. The Bertz CT molecular complexity index is 695. The molecule has 1 aromatic heterocycles. The van der Waals surface area contributed by atoms with Gasteiger partial charge in [0.1, 0.15) is 5.69 Å². The number of aromatic nitrogens is 2. The molecular formula is C12H6ClN3O2S. The number of rotatable bonds is 2. The van der Waals surface area contributed by atoms with Crippen LogP contribution in [0.5, 0.6) is 0 Å². The van der Waals surface area contributed by atoms with Gasteiger partial charge in [-0.1, -0.05) is 22.2 Å². The molecule has 0 saturated carbocycles. The van der Waals surface area contributed by atoms with E-state index >= 15 is 0 Å². The summed E-state index contributed by atoms with van der Waals surface area (Å²) in [5, 5.41) is 6.09. The zero-order chi connectivity index (χ0) is 13.2. The maximum absolute atomic E-state index is 11.7. The zero-order valence-electron chi connectivity index (χ0n) is 9.41. The van der Waals surface area contributed by atoms with Gasteiger partial charge in [0.15, 0.2) is 5.70 Å². The Morgan fingerprint density at radius 2 is 2.26 bits per heavy atom. The molecule has 0 bridgehead atoms. The predicted molar refractivity (Wildman–Crippen MR) is 72.0 cm³/mol. The minimum Gasteiger partial charge on any atom is -0.402 e. The van der Waals surface area contributed by atoms with Gasteiger partial charge in [-0.3, -0.25) is 0 Å². The molecule has 1 aliphatic heterocycles. The fourth-order valence-corrected chi connectivity index (χ4v) is 2.13. The van der Waals surface area contributed by atoms with Gasteiger partial charge in [0.25, 0.3) is 0 Å². The summed E-state index contributed by atoms with van der Waals surface area (Å²) in [6.07, 6.45) is 1.53. The first kappa shape index (κ1) is 12.0. The second-order valence-corrected chi connectivity index (χ2v) is 4.72. The Labute approximate surface area is 117 Å². The van der Waals surface area contributed by atoms with E-state index in [-0.39, 0.29) is 11.6 Å². The Morgan fingerprint density at radius 1 is 1.37 bits per heavy atom. The third-order valence-corrected chi connectivity index (χ3v) is 3.11. The summed E-state index contributed by atoms with van der Waals surface area (Å²) in [5.41, 5.74) is 1.43. The number of carbonyl (C=O) groups excluding carboxylic acids is 1. The van der Waals surface area contributed by atoms with Gasteiger partial charge in [-0.05, 0) is 35.8 Å². The summed E-state index contributed by atoms with van der Waals surface area (Å²) >= 11 is 7.08. The zero-order valence-corrected chi connectivity index (χ0v) is 11.0. The minimum absolute atomic E-state index is 0.197. The molecule has 0 unspecified atom stereocenters. The topological polar surface area (TPSA) is 64.4 Å². The average molecular weight is 292 g/mol.